The van der Waals surface area contributed by atoms with E-state index in [0.717, 1.165) is 25.4 Å². The Morgan fingerprint density at radius 1 is 1.23 bits per heavy atom. The number of amides is 1. The Kier molecular flexibility index (Phi) is 4.74. The molecule has 26 heavy (non-hydrogen) atoms. The molecule has 0 radical (unpaired) electrons. The van der Waals surface area contributed by atoms with Gasteiger partial charge >= 0.3 is 5.97 Å². The maximum absolute atomic E-state index is 12.4. The number of carbonyl (C=O) groups excluding carboxylic acids is 2. The standard InChI is InChI=1S/C19H15BrN2O3S/c20-13-5-1-3-7-15(13)22-10-12(9-18(22)23)19(24)25-11-17-21-14-6-2-4-8-16(14)26-17/h1-8,12H,9-11H2. The molecular weight excluding hydrogens is 416 g/mol. The van der Waals surface area contributed by atoms with Crippen LogP contribution in [0.1, 0.15) is 11.4 Å². The largest absolute Gasteiger partial charge is 0.458 e. The van der Waals surface area contributed by atoms with Crippen molar-refractivity contribution in [2.45, 2.75) is 13.0 Å². The quantitative estimate of drug-likeness (QED) is 0.583. The van der Waals surface area contributed by atoms with Crippen LogP contribution in [0, 0.1) is 5.92 Å². The Labute approximate surface area is 162 Å². The Bertz CT molecular complexity index is 955. The molecule has 1 atom stereocenters. The number of halogens is 1. The van der Waals surface area contributed by atoms with Crippen molar-refractivity contribution in [3.05, 3.63) is 58.0 Å². The summed E-state index contributed by atoms with van der Waals surface area (Å²) < 4.78 is 7.32. The molecular formula is C19H15BrN2O3S. The number of anilines is 1. The molecule has 2 aromatic carbocycles. The first-order valence-electron chi connectivity index (χ1n) is 8.18. The first-order valence-corrected chi connectivity index (χ1v) is 9.79. The number of nitrogens with zero attached hydrogens (tertiary/aromatic N) is 2. The van der Waals surface area contributed by atoms with Crippen molar-refractivity contribution in [1.29, 1.82) is 0 Å². The number of benzene rings is 2. The maximum Gasteiger partial charge on any atom is 0.311 e. The van der Waals surface area contributed by atoms with Gasteiger partial charge in [0.05, 0.1) is 21.8 Å². The molecule has 0 aliphatic carbocycles. The average molecular weight is 431 g/mol. The molecule has 1 unspecified atom stereocenters. The number of carbonyl (C=O) groups is 2. The second kappa shape index (κ2) is 7.17. The molecule has 0 saturated carbocycles. The van der Waals surface area contributed by atoms with Gasteiger partial charge in [-0.05, 0) is 40.2 Å². The summed E-state index contributed by atoms with van der Waals surface area (Å²) >= 11 is 4.96. The van der Waals surface area contributed by atoms with Gasteiger partial charge < -0.3 is 9.64 Å². The Balaban J connectivity index is 1.41. The van der Waals surface area contributed by atoms with E-state index in [1.807, 2.05) is 48.5 Å². The van der Waals surface area contributed by atoms with Gasteiger partial charge in [-0.3, -0.25) is 9.59 Å². The van der Waals surface area contributed by atoms with Crippen LogP contribution in [0.5, 0.6) is 0 Å². The molecule has 1 amide bonds. The van der Waals surface area contributed by atoms with Gasteiger partial charge in [-0.1, -0.05) is 24.3 Å². The first-order chi connectivity index (χ1) is 12.6. The van der Waals surface area contributed by atoms with E-state index < -0.39 is 5.92 Å². The monoisotopic (exact) mass is 430 g/mol. The third-order valence-corrected chi connectivity index (χ3v) is 5.96. The summed E-state index contributed by atoms with van der Waals surface area (Å²) in [5, 5.41) is 0.756. The molecule has 1 aliphatic heterocycles. The van der Waals surface area contributed by atoms with E-state index in [0.29, 0.717) is 6.54 Å². The van der Waals surface area contributed by atoms with Gasteiger partial charge in [0, 0.05) is 17.4 Å². The van der Waals surface area contributed by atoms with E-state index in [-0.39, 0.29) is 24.9 Å². The fraction of sp³-hybridized carbons (Fsp3) is 0.211. The first kappa shape index (κ1) is 17.2. The van der Waals surface area contributed by atoms with Gasteiger partial charge in [-0.2, -0.15) is 0 Å². The predicted molar refractivity (Wildman–Crippen MR) is 104 cm³/mol. The van der Waals surface area contributed by atoms with Crippen molar-refractivity contribution in [2.24, 2.45) is 5.92 Å². The highest BCUT2D eigenvalue weighted by molar-refractivity contribution is 9.10. The molecule has 0 N–H and O–H groups in total. The molecule has 7 heteroatoms. The van der Waals surface area contributed by atoms with Gasteiger partial charge in [0.15, 0.2) is 0 Å². The molecule has 2 heterocycles. The normalized spacial score (nSPS) is 17.0. The van der Waals surface area contributed by atoms with E-state index in [9.17, 15) is 9.59 Å². The van der Waals surface area contributed by atoms with E-state index >= 15 is 0 Å². The summed E-state index contributed by atoms with van der Waals surface area (Å²) in [5.74, 6) is -0.880. The number of rotatable bonds is 4. The molecule has 3 aromatic rings. The highest BCUT2D eigenvalue weighted by Gasteiger charge is 2.36. The summed E-state index contributed by atoms with van der Waals surface area (Å²) in [6, 6.07) is 15.3. The third kappa shape index (κ3) is 3.37. The Hall–Kier alpha value is -2.25. The zero-order valence-electron chi connectivity index (χ0n) is 13.7. The highest BCUT2D eigenvalue weighted by atomic mass is 79.9. The number of aromatic nitrogens is 1. The van der Waals surface area contributed by atoms with Crippen LogP contribution in [-0.4, -0.2) is 23.4 Å². The fourth-order valence-corrected chi connectivity index (χ4v) is 4.38. The summed E-state index contributed by atoms with van der Waals surface area (Å²) in [6.45, 7) is 0.470. The minimum Gasteiger partial charge on any atom is -0.458 e. The minimum atomic E-state index is -0.455. The Morgan fingerprint density at radius 3 is 2.81 bits per heavy atom. The highest BCUT2D eigenvalue weighted by Crippen LogP contribution is 2.32. The predicted octanol–water partition coefficient (Wildman–Crippen LogP) is 4.16. The fourth-order valence-electron chi connectivity index (χ4n) is 3.00. The maximum atomic E-state index is 12.4. The third-order valence-electron chi connectivity index (χ3n) is 4.28. The number of esters is 1. The van der Waals surface area contributed by atoms with Gasteiger partial charge in [-0.25, -0.2) is 4.98 Å². The number of ether oxygens (including phenoxy) is 1. The zero-order valence-corrected chi connectivity index (χ0v) is 16.1. The van der Waals surface area contributed by atoms with Crippen LogP contribution in [0.4, 0.5) is 5.69 Å². The SMILES string of the molecule is O=C(OCc1nc2ccccc2s1)C1CC(=O)N(c2ccccc2Br)C1. The lowest BCUT2D eigenvalue weighted by atomic mass is 10.1. The van der Waals surface area contributed by atoms with Crippen molar-refractivity contribution in [3.63, 3.8) is 0 Å². The van der Waals surface area contributed by atoms with Gasteiger partial charge in [-0.15, -0.1) is 11.3 Å². The van der Waals surface area contributed by atoms with Crippen molar-refractivity contribution >= 4 is 55.0 Å². The molecule has 1 aliphatic rings. The number of hydrogen-bond acceptors (Lipinski definition) is 5. The number of hydrogen-bond donors (Lipinski definition) is 0. The smallest absolute Gasteiger partial charge is 0.311 e. The van der Waals surface area contributed by atoms with Crippen LogP contribution in [0.3, 0.4) is 0 Å². The molecule has 1 saturated heterocycles. The van der Waals surface area contributed by atoms with Crippen LogP contribution < -0.4 is 4.90 Å². The average Bonchev–Trinajstić information content (AvgIpc) is 3.23. The minimum absolute atomic E-state index is 0.0705. The van der Waals surface area contributed by atoms with Crippen molar-refractivity contribution < 1.29 is 14.3 Å². The lowest BCUT2D eigenvalue weighted by Crippen LogP contribution is -2.26. The lowest BCUT2D eigenvalue weighted by Gasteiger charge is -2.17. The van der Waals surface area contributed by atoms with Crippen LogP contribution >= 0.6 is 27.3 Å². The summed E-state index contributed by atoms with van der Waals surface area (Å²) in [5.41, 5.74) is 1.68. The van der Waals surface area contributed by atoms with Crippen LogP contribution in [0.2, 0.25) is 0 Å². The summed E-state index contributed by atoms with van der Waals surface area (Å²) in [4.78, 5) is 30.8. The van der Waals surface area contributed by atoms with Crippen molar-refractivity contribution in [2.75, 3.05) is 11.4 Å². The second-order valence-corrected chi connectivity index (χ2v) is 8.01. The van der Waals surface area contributed by atoms with E-state index in [1.165, 1.54) is 11.3 Å². The van der Waals surface area contributed by atoms with Gasteiger partial charge in [0.2, 0.25) is 5.91 Å². The van der Waals surface area contributed by atoms with Crippen molar-refractivity contribution in [3.8, 4) is 0 Å². The lowest BCUT2D eigenvalue weighted by molar-refractivity contribution is -0.149. The molecule has 5 nitrogen and oxygen atoms in total. The Morgan fingerprint density at radius 2 is 2.00 bits per heavy atom. The van der Waals surface area contributed by atoms with E-state index in [2.05, 4.69) is 20.9 Å². The molecule has 0 spiro atoms. The second-order valence-electron chi connectivity index (χ2n) is 6.04. The number of para-hydroxylation sites is 2. The molecule has 132 valence electrons. The molecule has 1 fully saturated rings. The van der Waals surface area contributed by atoms with E-state index in [4.69, 9.17) is 4.74 Å². The van der Waals surface area contributed by atoms with Gasteiger partial charge in [0.1, 0.15) is 11.6 Å². The number of fused-ring (bicyclic) bond motifs is 1. The summed E-state index contributed by atoms with van der Waals surface area (Å²) in [7, 11) is 0. The molecule has 4 rings (SSSR count). The van der Waals surface area contributed by atoms with Crippen LogP contribution in [-0.2, 0) is 20.9 Å². The molecule has 0 bridgehead atoms. The molecule has 1 aromatic heterocycles. The zero-order chi connectivity index (χ0) is 18.1. The topological polar surface area (TPSA) is 59.5 Å². The number of thiazole rings is 1. The van der Waals surface area contributed by atoms with Crippen LogP contribution in [0.25, 0.3) is 10.2 Å². The van der Waals surface area contributed by atoms with Crippen LogP contribution in [0.15, 0.2) is 53.0 Å². The van der Waals surface area contributed by atoms with E-state index in [1.54, 1.807) is 4.90 Å². The van der Waals surface area contributed by atoms with Crippen molar-refractivity contribution in [1.82, 2.24) is 4.98 Å². The van der Waals surface area contributed by atoms with Gasteiger partial charge in [0.25, 0.3) is 0 Å². The summed E-state index contributed by atoms with van der Waals surface area (Å²) in [6.07, 6.45) is 0.167.